The molecule has 1 aliphatic rings. The zero-order valence-corrected chi connectivity index (χ0v) is 16.3. The number of hydrogen-bond donors (Lipinski definition) is 1. The summed E-state index contributed by atoms with van der Waals surface area (Å²) >= 11 is 0. The lowest BCUT2D eigenvalue weighted by molar-refractivity contribution is 0.102. The van der Waals surface area contributed by atoms with E-state index in [4.69, 9.17) is 9.47 Å². The Bertz CT molecular complexity index is 774. The highest BCUT2D eigenvalue weighted by atomic mass is 16.5. The first-order valence-electron chi connectivity index (χ1n) is 9.56. The van der Waals surface area contributed by atoms with Gasteiger partial charge in [0.25, 0.3) is 5.91 Å². The van der Waals surface area contributed by atoms with Gasteiger partial charge >= 0.3 is 0 Å². The SMILES string of the molecule is CCC1CCCCN1c1ccc(NC(=O)c2ccc(OC)c(OC)c2)cc1. The number of methoxy groups -OCH3 is 2. The second kappa shape index (κ2) is 8.80. The fourth-order valence-corrected chi connectivity index (χ4v) is 3.68. The van der Waals surface area contributed by atoms with E-state index in [0.29, 0.717) is 23.1 Å². The predicted octanol–water partition coefficient (Wildman–Crippen LogP) is 4.73. The van der Waals surface area contributed by atoms with Crippen LogP contribution in [0.3, 0.4) is 0 Å². The third-order valence-electron chi connectivity index (χ3n) is 5.20. The number of carbonyl (C=O) groups is 1. The number of carbonyl (C=O) groups excluding carboxylic acids is 1. The summed E-state index contributed by atoms with van der Waals surface area (Å²) in [6.07, 6.45) is 4.98. The van der Waals surface area contributed by atoms with E-state index in [1.807, 2.05) is 12.1 Å². The van der Waals surface area contributed by atoms with Crippen LogP contribution < -0.4 is 19.7 Å². The molecule has 0 radical (unpaired) electrons. The zero-order chi connectivity index (χ0) is 19.2. The van der Waals surface area contributed by atoms with Crippen molar-refractivity contribution < 1.29 is 14.3 Å². The van der Waals surface area contributed by atoms with Crippen LogP contribution in [-0.4, -0.2) is 32.7 Å². The van der Waals surface area contributed by atoms with E-state index < -0.39 is 0 Å². The summed E-state index contributed by atoms with van der Waals surface area (Å²) in [6, 6.07) is 13.9. The second-order valence-electron chi connectivity index (χ2n) is 6.82. The van der Waals surface area contributed by atoms with Crippen LogP contribution in [0.4, 0.5) is 11.4 Å². The average Bonchev–Trinajstić information content (AvgIpc) is 2.73. The fourth-order valence-electron chi connectivity index (χ4n) is 3.68. The van der Waals surface area contributed by atoms with Gasteiger partial charge in [0.05, 0.1) is 14.2 Å². The van der Waals surface area contributed by atoms with Crippen molar-refractivity contribution in [1.29, 1.82) is 0 Å². The lowest BCUT2D eigenvalue weighted by atomic mass is 9.99. The van der Waals surface area contributed by atoms with Crippen molar-refractivity contribution in [3.8, 4) is 11.5 Å². The van der Waals surface area contributed by atoms with E-state index in [9.17, 15) is 4.79 Å². The number of rotatable bonds is 6. The number of anilines is 2. The number of nitrogens with zero attached hydrogens (tertiary/aromatic N) is 1. The zero-order valence-electron chi connectivity index (χ0n) is 16.3. The van der Waals surface area contributed by atoms with Crippen LogP contribution in [0.1, 0.15) is 43.0 Å². The second-order valence-corrected chi connectivity index (χ2v) is 6.82. The summed E-state index contributed by atoms with van der Waals surface area (Å²) in [4.78, 5) is 15.0. The molecule has 1 aliphatic heterocycles. The highest BCUT2D eigenvalue weighted by molar-refractivity contribution is 6.04. The Labute approximate surface area is 161 Å². The summed E-state index contributed by atoms with van der Waals surface area (Å²) in [6.45, 7) is 3.36. The van der Waals surface area contributed by atoms with Gasteiger partial charge in [-0.25, -0.2) is 0 Å². The summed E-state index contributed by atoms with van der Waals surface area (Å²) in [7, 11) is 3.13. The Kier molecular flexibility index (Phi) is 6.22. The van der Waals surface area contributed by atoms with Crippen molar-refractivity contribution in [3.63, 3.8) is 0 Å². The molecule has 144 valence electrons. The molecule has 0 bridgehead atoms. The molecule has 1 saturated heterocycles. The number of amides is 1. The maximum Gasteiger partial charge on any atom is 0.255 e. The number of nitrogens with one attached hydrogen (secondary N) is 1. The van der Waals surface area contributed by atoms with Gasteiger partial charge in [-0.15, -0.1) is 0 Å². The van der Waals surface area contributed by atoms with Crippen molar-refractivity contribution in [2.75, 3.05) is 31.0 Å². The molecular weight excluding hydrogens is 340 g/mol. The van der Waals surface area contributed by atoms with Crippen LogP contribution >= 0.6 is 0 Å². The van der Waals surface area contributed by atoms with Crippen molar-refractivity contribution in [3.05, 3.63) is 48.0 Å². The summed E-state index contributed by atoms with van der Waals surface area (Å²) in [5.74, 6) is 0.967. The van der Waals surface area contributed by atoms with Gasteiger partial charge in [-0.05, 0) is 68.1 Å². The molecule has 0 aliphatic carbocycles. The Morgan fingerprint density at radius 1 is 1.07 bits per heavy atom. The van der Waals surface area contributed by atoms with Gasteiger partial charge in [0.1, 0.15) is 0 Å². The Hall–Kier alpha value is -2.69. The van der Waals surface area contributed by atoms with E-state index in [2.05, 4.69) is 29.3 Å². The normalized spacial score (nSPS) is 16.7. The van der Waals surface area contributed by atoms with Gasteiger partial charge in [-0.3, -0.25) is 4.79 Å². The molecule has 2 aromatic rings. The average molecular weight is 368 g/mol. The Balaban J connectivity index is 1.70. The predicted molar refractivity (Wildman–Crippen MR) is 109 cm³/mol. The molecule has 5 heteroatoms. The van der Waals surface area contributed by atoms with Crippen molar-refractivity contribution >= 4 is 17.3 Å². The molecule has 0 saturated carbocycles. The van der Waals surface area contributed by atoms with E-state index >= 15 is 0 Å². The molecule has 0 spiro atoms. The molecule has 0 aromatic heterocycles. The largest absolute Gasteiger partial charge is 0.493 e. The highest BCUT2D eigenvalue weighted by Gasteiger charge is 2.21. The first-order chi connectivity index (χ1) is 13.2. The summed E-state index contributed by atoms with van der Waals surface area (Å²) < 4.78 is 10.5. The number of hydrogen-bond acceptors (Lipinski definition) is 4. The van der Waals surface area contributed by atoms with Gasteiger partial charge in [0, 0.05) is 29.5 Å². The molecule has 27 heavy (non-hydrogen) atoms. The van der Waals surface area contributed by atoms with Gasteiger partial charge in [0.2, 0.25) is 0 Å². The van der Waals surface area contributed by atoms with Crippen molar-refractivity contribution in [2.24, 2.45) is 0 Å². The minimum Gasteiger partial charge on any atom is -0.493 e. The molecule has 3 rings (SSSR count). The molecule has 1 heterocycles. The maximum atomic E-state index is 12.5. The first-order valence-corrected chi connectivity index (χ1v) is 9.56. The Morgan fingerprint density at radius 2 is 1.81 bits per heavy atom. The van der Waals surface area contributed by atoms with Gasteiger partial charge < -0.3 is 19.7 Å². The van der Waals surface area contributed by atoms with E-state index in [1.165, 1.54) is 24.9 Å². The van der Waals surface area contributed by atoms with Gasteiger partial charge in [-0.2, -0.15) is 0 Å². The van der Waals surface area contributed by atoms with Crippen LogP contribution in [0, 0.1) is 0 Å². The molecule has 2 aromatic carbocycles. The third kappa shape index (κ3) is 4.35. The van der Waals surface area contributed by atoms with Gasteiger partial charge in [-0.1, -0.05) is 6.92 Å². The molecule has 1 N–H and O–H groups in total. The van der Waals surface area contributed by atoms with E-state index in [0.717, 1.165) is 18.7 Å². The van der Waals surface area contributed by atoms with E-state index in [-0.39, 0.29) is 5.91 Å². The topological polar surface area (TPSA) is 50.8 Å². The van der Waals surface area contributed by atoms with Crippen LogP contribution in [-0.2, 0) is 0 Å². The molecule has 1 unspecified atom stereocenters. The lowest BCUT2D eigenvalue weighted by Gasteiger charge is -2.37. The van der Waals surface area contributed by atoms with Crippen molar-refractivity contribution in [1.82, 2.24) is 0 Å². The highest BCUT2D eigenvalue weighted by Crippen LogP contribution is 2.29. The number of ether oxygens (including phenoxy) is 2. The van der Waals surface area contributed by atoms with Crippen LogP contribution in [0.25, 0.3) is 0 Å². The minimum absolute atomic E-state index is 0.173. The summed E-state index contributed by atoms with van der Waals surface area (Å²) in [5, 5.41) is 2.95. The molecule has 1 atom stereocenters. The minimum atomic E-state index is -0.173. The third-order valence-corrected chi connectivity index (χ3v) is 5.20. The molecule has 5 nitrogen and oxygen atoms in total. The van der Waals surface area contributed by atoms with Crippen LogP contribution in [0.2, 0.25) is 0 Å². The smallest absolute Gasteiger partial charge is 0.255 e. The Morgan fingerprint density at radius 3 is 2.48 bits per heavy atom. The molecule has 1 amide bonds. The summed E-state index contributed by atoms with van der Waals surface area (Å²) in [5.41, 5.74) is 2.54. The van der Waals surface area contributed by atoms with Crippen molar-refractivity contribution in [2.45, 2.75) is 38.6 Å². The monoisotopic (exact) mass is 368 g/mol. The fraction of sp³-hybridized carbons (Fsp3) is 0.409. The standard InChI is InChI=1S/C22H28N2O3/c1-4-18-7-5-6-14-24(18)19-11-9-17(10-12-19)23-22(25)16-8-13-20(26-2)21(15-16)27-3/h8-13,15,18H,4-7,14H2,1-3H3,(H,23,25). The quantitative estimate of drug-likeness (QED) is 0.801. The number of piperidine rings is 1. The molecular formula is C22H28N2O3. The maximum absolute atomic E-state index is 12.5. The van der Waals surface area contributed by atoms with Gasteiger partial charge in [0.15, 0.2) is 11.5 Å². The van der Waals surface area contributed by atoms with E-state index in [1.54, 1.807) is 32.4 Å². The number of benzene rings is 2. The van der Waals surface area contributed by atoms with Crippen LogP contribution in [0.15, 0.2) is 42.5 Å². The molecule has 1 fully saturated rings. The lowest BCUT2D eigenvalue weighted by Crippen LogP contribution is -2.39. The first kappa shape index (κ1) is 19.1. The van der Waals surface area contributed by atoms with Crippen LogP contribution in [0.5, 0.6) is 11.5 Å².